The van der Waals surface area contributed by atoms with Gasteiger partial charge in [-0.1, -0.05) is 0 Å². The van der Waals surface area contributed by atoms with E-state index in [1.54, 1.807) is 21.3 Å². The lowest BCUT2D eigenvalue weighted by Gasteiger charge is -2.43. The summed E-state index contributed by atoms with van der Waals surface area (Å²) in [5.74, 6) is 0. The number of ether oxygens (including phenoxy) is 4. The summed E-state index contributed by atoms with van der Waals surface area (Å²) in [4.78, 5) is 0. The Bertz CT molecular complexity index is 187. The summed E-state index contributed by atoms with van der Waals surface area (Å²) < 4.78 is 21.6. The average molecular weight is 220 g/mol. The summed E-state index contributed by atoms with van der Waals surface area (Å²) in [5, 5.41) is 9.18. The third kappa shape index (κ3) is 2.49. The van der Waals surface area contributed by atoms with Crippen molar-refractivity contribution in [1.82, 2.24) is 0 Å². The molecule has 90 valence electrons. The van der Waals surface area contributed by atoms with E-state index in [-0.39, 0.29) is 37.1 Å². The first-order valence-corrected chi connectivity index (χ1v) is 5.04. The molecule has 0 aromatic rings. The zero-order valence-electron chi connectivity index (χ0n) is 9.67. The summed E-state index contributed by atoms with van der Waals surface area (Å²) in [6.07, 6.45) is -1.19. The molecule has 15 heavy (non-hydrogen) atoms. The normalized spacial score (nSPS) is 41.8. The summed E-state index contributed by atoms with van der Waals surface area (Å²) in [6.45, 7) is 1.81. The highest BCUT2D eigenvalue weighted by Crippen LogP contribution is 2.26. The van der Waals surface area contributed by atoms with Crippen LogP contribution in [0.25, 0.3) is 0 Å². The van der Waals surface area contributed by atoms with Crippen molar-refractivity contribution in [1.29, 1.82) is 0 Å². The number of aliphatic hydroxyl groups excluding tert-OH is 1. The fourth-order valence-corrected chi connectivity index (χ4v) is 2.12. The third-order valence-electron chi connectivity index (χ3n) is 2.86. The van der Waals surface area contributed by atoms with Crippen molar-refractivity contribution in [2.45, 2.75) is 37.4 Å². The van der Waals surface area contributed by atoms with Gasteiger partial charge in [0.15, 0.2) is 0 Å². The SMILES string of the molecule is COC1C(C)OC(CO)[C@@H](OC)C1OC. The minimum Gasteiger partial charge on any atom is -0.394 e. The van der Waals surface area contributed by atoms with Gasteiger partial charge in [0.05, 0.1) is 12.7 Å². The van der Waals surface area contributed by atoms with E-state index in [9.17, 15) is 5.11 Å². The molecule has 4 unspecified atom stereocenters. The first kappa shape index (κ1) is 12.9. The maximum absolute atomic E-state index is 9.18. The maximum atomic E-state index is 9.18. The number of methoxy groups -OCH3 is 3. The van der Waals surface area contributed by atoms with Crippen molar-refractivity contribution in [2.24, 2.45) is 0 Å². The van der Waals surface area contributed by atoms with Gasteiger partial charge in [0.1, 0.15) is 24.4 Å². The highest BCUT2D eigenvalue weighted by Gasteiger charge is 2.44. The van der Waals surface area contributed by atoms with Gasteiger partial charge in [0.25, 0.3) is 0 Å². The number of hydrogen-bond donors (Lipinski definition) is 1. The Morgan fingerprint density at radius 2 is 1.53 bits per heavy atom. The molecule has 1 rings (SSSR count). The average Bonchev–Trinajstić information content (AvgIpc) is 2.27. The minimum absolute atomic E-state index is 0.0842. The zero-order chi connectivity index (χ0) is 11.4. The van der Waals surface area contributed by atoms with E-state index in [0.29, 0.717) is 0 Å². The topological polar surface area (TPSA) is 57.2 Å². The van der Waals surface area contributed by atoms with Gasteiger partial charge in [0, 0.05) is 21.3 Å². The van der Waals surface area contributed by atoms with Crippen LogP contribution in [0.3, 0.4) is 0 Å². The van der Waals surface area contributed by atoms with Gasteiger partial charge in [-0.3, -0.25) is 0 Å². The Kier molecular flexibility index (Phi) is 4.95. The molecule has 0 radical (unpaired) electrons. The van der Waals surface area contributed by atoms with E-state index in [1.165, 1.54) is 0 Å². The van der Waals surface area contributed by atoms with Crippen LogP contribution in [0.5, 0.6) is 0 Å². The second kappa shape index (κ2) is 5.77. The first-order valence-electron chi connectivity index (χ1n) is 5.04. The van der Waals surface area contributed by atoms with Crippen LogP contribution in [0.2, 0.25) is 0 Å². The van der Waals surface area contributed by atoms with E-state index >= 15 is 0 Å². The lowest BCUT2D eigenvalue weighted by Crippen LogP contribution is -2.59. The van der Waals surface area contributed by atoms with Crippen LogP contribution in [0.4, 0.5) is 0 Å². The van der Waals surface area contributed by atoms with Crippen molar-refractivity contribution in [3.63, 3.8) is 0 Å². The summed E-state index contributed by atoms with van der Waals surface area (Å²) in [5.41, 5.74) is 0. The highest BCUT2D eigenvalue weighted by atomic mass is 16.6. The molecule has 1 saturated heterocycles. The quantitative estimate of drug-likeness (QED) is 0.711. The van der Waals surface area contributed by atoms with E-state index in [0.717, 1.165) is 0 Å². The van der Waals surface area contributed by atoms with E-state index in [2.05, 4.69) is 0 Å². The fraction of sp³-hybridized carbons (Fsp3) is 1.00. The maximum Gasteiger partial charge on any atom is 0.114 e. The largest absolute Gasteiger partial charge is 0.394 e. The van der Waals surface area contributed by atoms with Crippen LogP contribution >= 0.6 is 0 Å². The molecule has 1 fully saturated rings. The molecule has 5 atom stereocenters. The Hall–Kier alpha value is -0.200. The fourth-order valence-electron chi connectivity index (χ4n) is 2.12. The Labute approximate surface area is 90.3 Å². The van der Waals surface area contributed by atoms with Gasteiger partial charge in [-0.15, -0.1) is 0 Å². The molecule has 1 N–H and O–H groups in total. The monoisotopic (exact) mass is 220 g/mol. The molecule has 0 amide bonds. The molecule has 0 aromatic heterocycles. The molecule has 0 spiro atoms. The Morgan fingerprint density at radius 3 is 1.93 bits per heavy atom. The van der Waals surface area contributed by atoms with Gasteiger partial charge < -0.3 is 24.1 Å². The molecule has 0 bridgehead atoms. The summed E-state index contributed by atoms with van der Waals surface area (Å²) in [7, 11) is 4.79. The van der Waals surface area contributed by atoms with E-state index < -0.39 is 0 Å². The number of aliphatic hydroxyl groups is 1. The molecular weight excluding hydrogens is 200 g/mol. The number of hydrogen-bond acceptors (Lipinski definition) is 5. The lowest BCUT2D eigenvalue weighted by molar-refractivity contribution is -0.243. The van der Waals surface area contributed by atoms with E-state index in [1.807, 2.05) is 6.92 Å². The van der Waals surface area contributed by atoms with Crippen molar-refractivity contribution >= 4 is 0 Å². The second-order valence-corrected chi connectivity index (χ2v) is 3.66. The van der Waals surface area contributed by atoms with Crippen LogP contribution < -0.4 is 0 Å². The molecule has 0 aliphatic carbocycles. The molecule has 5 heteroatoms. The predicted molar refractivity (Wildman–Crippen MR) is 53.8 cm³/mol. The summed E-state index contributed by atoms with van der Waals surface area (Å²) in [6, 6.07) is 0. The van der Waals surface area contributed by atoms with Gasteiger partial charge in [-0.05, 0) is 6.92 Å². The third-order valence-corrected chi connectivity index (χ3v) is 2.86. The Morgan fingerprint density at radius 1 is 1.00 bits per heavy atom. The minimum atomic E-state index is -0.360. The van der Waals surface area contributed by atoms with Gasteiger partial charge in [-0.25, -0.2) is 0 Å². The van der Waals surface area contributed by atoms with Crippen LogP contribution in [0.15, 0.2) is 0 Å². The van der Waals surface area contributed by atoms with Crippen molar-refractivity contribution in [2.75, 3.05) is 27.9 Å². The molecular formula is C10H20O5. The highest BCUT2D eigenvalue weighted by molar-refractivity contribution is 4.93. The molecule has 1 aliphatic heterocycles. The predicted octanol–water partition coefficient (Wildman–Crippen LogP) is -0.189. The van der Waals surface area contributed by atoms with E-state index in [4.69, 9.17) is 18.9 Å². The molecule has 0 aromatic carbocycles. The molecule has 5 nitrogen and oxygen atoms in total. The van der Waals surface area contributed by atoms with Crippen LogP contribution in [0, 0.1) is 0 Å². The summed E-state index contributed by atoms with van der Waals surface area (Å²) >= 11 is 0. The second-order valence-electron chi connectivity index (χ2n) is 3.66. The van der Waals surface area contributed by atoms with Gasteiger partial charge in [0.2, 0.25) is 0 Å². The van der Waals surface area contributed by atoms with Crippen molar-refractivity contribution < 1.29 is 24.1 Å². The van der Waals surface area contributed by atoms with Gasteiger partial charge in [-0.2, -0.15) is 0 Å². The first-order chi connectivity index (χ1) is 7.19. The smallest absolute Gasteiger partial charge is 0.114 e. The van der Waals surface area contributed by atoms with Crippen molar-refractivity contribution in [3.8, 4) is 0 Å². The van der Waals surface area contributed by atoms with Crippen LogP contribution in [-0.4, -0.2) is 63.6 Å². The van der Waals surface area contributed by atoms with Crippen molar-refractivity contribution in [3.05, 3.63) is 0 Å². The standard InChI is InChI=1S/C10H20O5/c1-6-8(12-2)10(14-4)9(13-3)7(5-11)15-6/h6-11H,5H2,1-4H3/t6?,7?,8?,9-,10?/m1/s1. The van der Waals surface area contributed by atoms with Crippen LogP contribution in [-0.2, 0) is 18.9 Å². The lowest BCUT2D eigenvalue weighted by atomic mass is 9.95. The number of rotatable bonds is 4. The Balaban J connectivity index is 2.80. The molecule has 1 aliphatic rings. The zero-order valence-corrected chi connectivity index (χ0v) is 9.67. The van der Waals surface area contributed by atoms with Crippen LogP contribution in [0.1, 0.15) is 6.92 Å². The van der Waals surface area contributed by atoms with Gasteiger partial charge >= 0.3 is 0 Å². The molecule has 1 heterocycles. The molecule has 0 saturated carbocycles.